The van der Waals surface area contributed by atoms with E-state index in [4.69, 9.17) is 4.74 Å². The van der Waals surface area contributed by atoms with Crippen LogP contribution in [0.15, 0.2) is 53.8 Å². The predicted molar refractivity (Wildman–Crippen MR) is 106 cm³/mol. The van der Waals surface area contributed by atoms with Crippen LogP contribution in [0.3, 0.4) is 0 Å². The lowest BCUT2D eigenvalue weighted by molar-refractivity contribution is -0.146. The Hall–Kier alpha value is -3.02. The molecule has 1 fully saturated rings. The van der Waals surface area contributed by atoms with Gasteiger partial charge in [-0.05, 0) is 43.9 Å². The van der Waals surface area contributed by atoms with Crippen molar-refractivity contribution in [2.24, 2.45) is 10.9 Å². The van der Waals surface area contributed by atoms with Crippen LogP contribution in [0, 0.1) is 5.92 Å². The Morgan fingerprint density at radius 1 is 1.11 bits per heavy atom. The maximum Gasteiger partial charge on any atom is 0.308 e. The van der Waals surface area contributed by atoms with E-state index in [0.717, 1.165) is 42.8 Å². The van der Waals surface area contributed by atoms with Crippen molar-refractivity contribution in [1.29, 1.82) is 0 Å². The van der Waals surface area contributed by atoms with Crippen LogP contribution in [0.25, 0.3) is 0 Å². The van der Waals surface area contributed by atoms with Crippen LogP contribution in [0.5, 0.6) is 0 Å². The lowest BCUT2D eigenvalue weighted by atomic mass is 9.85. The number of fused-ring (bicyclic) bond motifs is 1. The molecule has 1 aromatic heterocycles. The van der Waals surface area contributed by atoms with Crippen LogP contribution >= 0.6 is 0 Å². The monoisotopic (exact) mass is 377 g/mol. The molecule has 0 atom stereocenters. The van der Waals surface area contributed by atoms with Crippen molar-refractivity contribution < 1.29 is 14.3 Å². The largest absolute Gasteiger partial charge is 0.469 e. The van der Waals surface area contributed by atoms with Gasteiger partial charge in [0.1, 0.15) is 5.84 Å². The number of aromatic nitrogens is 1. The minimum atomic E-state index is -0.232. The van der Waals surface area contributed by atoms with Crippen molar-refractivity contribution in [3.63, 3.8) is 0 Å². The van der Waals surface area contributed by atoms with Crippen molar-refractivity contribution >= 4 is 23.4 Å². The quantitative estimate of drug-likeness (QED) is 0.767. The molecule has 0 N–H and O–H groups in total. The maximum absolute atomic E-state index is 12.7. The fourth-order valence-corrected chi connectivity index (χ4v) is 4.19. The van der Waals surface area contributed by atoms with Crippen LogP contribution in [-0.2, 0) is 16.0 Å². The number of carbonyl (C=O) groups is 2. The van der Waals surface area contributed by atoms with Crippen LogP contribution in [0.4, 0.5) is 5.69 Å². The first-order chi connectivity index (χ1) is 13.7. The normalized spacial score (nSPS) is 22.8. The minimum absolute atomic E-state index is 0.0351. The van der Waals surface area contributed by atoms with Crippen LogP contribution < -0.4 is 4.90 Å². The number of methoxy groups -OCH3 is 1. The Kier molecular flexibility index (Phi) is 5.19. The molecule has 0 radical (unpaired) electrons. The zero-order valence-electron chi connectivity index (χ0n) is 15.9. The van der Waals surface area contributed by atoms with Gasteiger partial charge in [0.2, 0.25) is 0 Å². The molecule has 2 aromatic rings. The van der Waals surface area contributed by atoms with Crippen molar-refractivity contribution in [2.45, 2.75) is 38.1 Å². The van der Waals surface area contributed by atoms with Crippen LogP contribution in [0.2, 0.25) is 0 Å². The van der Waals surface area contributed by atoms with E-state index in [1.165, 1.54) is 7.11 Å². The summed E-state index contributed by atoms with van der Waals surface area (Å²) in [6, 6.07) is 11.3. The number of hydrogen-bond donors (Lipinski definition) is 0. The van der Waals surface area contributed by atoms with Crippen molar-refractivity contribution in [3.8, 4) is 0 Å². The SMILES string of the molecule is COC(=O)C1CCC(N2C(=NC(=O)c3ccccc3)Cc3cnccc32)CC1. The van der Waals surface area contributed by atoms with Gasteiger partial charge in [-0.15, -0.1) is 0 Å². The molecule has 6 heteroatoms. The standard InChI is InChI=1S/C22H23N3O3/c1-28-22(27)16-7-9-18(10-8-16)25-19-11-12-23-14-17(19)13-20(25)24-21(26)15-5-3-2-4-6-15/h2-6,11-12,14,16,18H,7-10,13H2,1H3. The number of ether oxygens (including phenoxy) is 1. The molecule has 0 unspecified atom stereocenters. The Labute approximate surface area is 164 Å². The molecule has 1 saturated carbocycles. The molecule has 6 nitrogen and oxygen atoms in total. The minimum Gasteiger partial charge on any atom is -0.469 e. The molecule has 0 saturated heterocycles. The summed E-state index contributed by atoms with van der Waals surface area (Å²) in [5.74, 6) is 0.368. The second-order valence-electron chi connectivity index (χ2n) is 7.28. The van der Waals surface area contributed by atoms with E-state index in [-0.39, 0.29) is 23.8 Å². The average molecular weight is 377 g/mol. The van der Waals surface area contributed by atoms with Crippen LogP contribution in [-0.4, -0.2) is 35.8 Å². The highest BCUT2D eigenvalue weighted by atomic mass is 16.5. The predicted octanol–water partition coefficient (Wildman–Crippen LogP) is 3.41. The van der Waals surface area contributed by atoms with E-state index in [1.807, 2.05) is 30.5 Å². The van der Waals surface area contributed by atoms with E-state index >= 15 is 0 Å². The molecule has 0 spiro atoms. The maximum atomic E-state index is 12.7. The van der Waals surface area contributed by atoms with Gasteiger partial charge < -0.3 is 9.64 Å². The van der Waals surface area contributed by atoms with Gasteiger partial charge >= 0.3 is 5.97 Å². The number of aliphatic imine (C=N–C) groups is 1. The summed E-state index contributed by atoms with van der Waals surface area (Å²) in [4.78, 5) is 35.4. The molecular formula is C22H23N3O3. The smallest absolute Gasteiger partial charge is 0.308 e. The molecule has 144 valence electrons. The highest BCUT2D eigenvalue weighted by Crippen LogP contribution is 2.37. The summed E-state index contributed by atoms with van der Waals surface area (Å²) in [7, 11) is 1.44. The van der Waals surface area contributed by atoms with E-state index in [1.54, 1.807) is 18.3 Å². The highest BCUT2D eigenvalue weighted by Gasteiger charge is 2.36. The number of benzene rings is 1. The number of hydrogen-bond acceptors (Lipinski definition) is 4. The second-order valence-corrected chi connectivity index (χ2v) is 7.28. The topological polar surface area (TPSA) is 71.9 Å². The molecule has 1 amide bonds. The Balaban J connectivity index is 1.60. The third kappa shape index (κ3) is 3.54. The number of nitrogens with zero attached hydrogens (tertiary/aromatic N) is 3. The molecular weight excluding hydrogens is 354 g/mol. The molecule has 0 bridgehead atoms. The zero-order chi connectivity index (χ0) is 19.5. The number of pyridine rings is 1. The first kappa shape index (κ1) is 18.3. The van der Waals surface area contributed by atoms with Gasteiger partial charge in [0.25, 0.3) is 5.91 Å². The highest BCUT2D eigenvalue weighted by molar-refractivity contribution is 6.12. The van der Waals surface area contributed by atoms with Crippen molar-refractivity contribution in [2.75, 3.05) is 12.0 Å². The summed E-state index contributed by atoms with van der Waals surface area (Å²) in [6.45, 7) is 0. The van der Waals surface area contributed by atoms with Gasteiger partial charge in [-0.25, -0.2) is 0 Å². The fourth-order valence-electron chi connectivity index (χ4n) is 4.19. The average Bonchev–Trinajstić information content (AvgIpc) is 3.11. The lowest BCUT2D eigenvalue weighted by Crippen LogP contribution is -2.41. The number of rotatable bonds is 3. The third-order valence-corrected chi connectivity index (χ3v) is 5.61. The summed E-state index contributed by atoms with van der Waals surface area (Å²) in [5.41, 5.74) is 2.73. The molecule has 1 aliphatic heterocycles. The summed E-state index contributed by atoms with van der Waals surface area (Å²) >= 11 is 0. The number of anilines is 1. The number of amidine groups is 1. The van der Waals surface area contributed by atoms with Gasteiger partial charge in [-0.1, -0.05) is 18.2 Å². The van der Waals surface area contributed by atoms with Gasteiger partial charge in [-0.2, -0.15) is 4.99 Å². The Morgan fingerprint density at radius 3 is 2.57 bits per heavy atom. The van der Waals surface area contributed by atoms with Gasteiger partial charge in [0.05, 0.1) is 13.0 Å². The third-order valence-electron chi connectivity index (χ3n) is 5.61. The number of carbonyl (C=O) groups excluding carboxylic acids is 2. The number of esters is 1. The van der Waals surface area contributed by atoms with E-state index in [2.05, 4.69) is 14.9 Å². The van der Waals surface area contributed by atoms with Gasteiger partial charge in [0.15, 0.2) is 0 Å². The fraction of sp³-hybridized carbons (Fsp3) is 0.364. The Morgan fingerprint density at radius 2 is 1.86 bits per heavy atom. The summed E-state index contributed by atoms with van der Waals surface area (Å²) in [5, 5.41) is 0. The molecule has 2 heterocycles. The van der Waals surface area contributed by atoms with E-state index < -0.39 is 0 Å². The van der Waals surface area contributed by atoms with E-state index in [0.29, 0.717) is 12.0 Å². The molecule has 2 aliphatic rings. The first-order valence-electron chi connectivity index (χ1n) is 9.64. The van der Waals surface area contributed by atoms with Gasteiger partial charge in [-0.3, -0.25) is 14.6 Å². The first-order valence-corrected chi connectivity index (χ1v) is 9.64. The van der Waals surface area contributed by atoms with Gasteiger partial charge in [0, 0.05) is 41.7 Å². The van der Waals surface area contributed by atoms with Crippen molar-refractivity contribution in [3.05, 3.63) is 59.9 Å². The van der Waals surface area contributed by atoms with E-state index in [9.17, 15) is 9.59 Å². The van der Waals surface area contributed by atoms with Crippen molar-refractivity contribution in [1.82, 2.24) is 4.98 Å². The zero-order valence-corrected chi connectivity index (χ0v) is 15.9. The second kappa shape index (κ2) is 7.92. The van der Waals surface area contributed by atoms with Crippen LogP contribution in [0.1, 0.15) is 41.6 Å². The number of amides is 1. The summed E-state index contributed by atoms with van der Waals surface area (Å²) in [6.07, 6.45) is 7.51. The molecule has 1 aliphatic carbocycles. The lowest BCUT2D eigenvalue weighted by Gasteiger charge is -2.35. The molecule has 28 heavy (non-hydrogen) atoms. The Bertz CT molecular complexity index is 902. The molecule has 4 rings (SSSR count). The molecule has 1 aromatic carbocycles. The summed E-state index contributed by atoms with van der Waals surface area (Å²) < 4.78 is 4.90.